The van der Waals surface area contributed by atoms with Crippen LogP contribution in [0.4, 0.5) is 11.4 Å². The van der Waals surface area contributed by atoms with Crippen LogP contribution in [0.3, 0.4) is 0 Å². The number of carbonyl (C=O) groups is 2. The number of benzene rings is 2. The quantitative estimate of drug-likeness (QED) is 0.293. The summed E-state index contributed by atoms with van der Waals surface area (Å²) in [5, 5.41) is 17.0. The molecule has 0 aliphatic carbocycles. The van der Waals surface area contributed by atoms with Gasteiger partial charge in [-0.05, 0) is 55.1 Å². The number of hydrogen-bond acceptors (Lipinski definition) is 6. The summed E-state index contributed by atoms with van der Waals surface area (Å²) >= 11 is 2.75. The molecule has 174 valence electrons. The van der Waals surface area contributed by atoms with Crippen LogP contribution in [0.1, 0.15) is 28.6 Å². The maximum Gasteiger partial charge on any atom is 0.265 e. The monoisotopic (exact) mass is 491 g/mol. The fourth-order valence-corrected chi connectivity index (χ4v) is 4.77. The molecule has 2 heterocycles. The van der Waals surface area contributed by atoms with Gasteiger partial charge in [-0.3, -0.25) is 9.59 Å². The van der Waals surface area contributed by atoms with E-state index in [1.165, 1.54) is 23.1 Å². The summed E-state index contributed by atoms with van der Waals surface area (Å²) in [6, 6.07) is 18.8. The molecule has 2 aromatic carbocycles. The number of thioether (sulfide) groups is 1. The van der Waals surface area contributed by atoms with Crippen molar-refractivity contribution in [3.05, 3.63) is 76.5 Å². The molecule has 0 unspecified atom stereocenters. The predicted octanol–water partition coefficient (Wildman–Crippen LogP) is 5.71. The predicted molar refractivity (Wildman–Crippen MR) is 139 cm³/mol. The Kier molecular flexibility index (Phi) is 7.76. The molecule has 0 saturated heterocycles. The minimum absolute atomic E-state index is 0.136. The molecule has 2 amide bonds. The lowest BCUT2D eigenvalue weighted by atomic mass is 10.1. The van der Waals surface area contributed by atoms with E-state index in [0.717, 1.165) is 35.1 Å². The van der Waals surface area contributed by atoms with Gasteiger partial charge in [0.2, 0.25) is 5.91 Å². The zero-order valence-corrected chi connectivity index (χ0v) is 20.6. The van der Waals surface area contributed by atoms with E-state index in [-0.39, 0.29) is 17.6 Å². The lowest BCUT2D eigenvalue weighted by Crippen LogP contribution is -2.15. The van der Waals surface area contributed by atoms with Crippen LogP contribution < -0.4 is 10.6 Å². The molecule has 2 aromatic heterocycles. The molecule has 4 aromatic rings. The molecule has 4 rings (SSSR count). The number of aryl methyl sites for hydroxylation is 1. The van der Waals surface area contributed by atoms with Crippen LogP contribution in [0.2, 0.25) is 0 Å². The number of rotatable bonds is 9. The van der Waals surface area contributed by atoms with Crippen LogP contribution in [0, 0.1) is 6.92 Å². The molecule has 0 saturated carbocycles. The number of anilines is 2. The minimum Gasteiger partial charge on any atom is -0.325 e. The van der Waals surface area contributed by atoms with E-state index in [2.05, 4.69) is 38.4 Å². The third kappa shape index (κ3) is 5.92. The summed E-state index contributed by atoms with van der Waals surface area (Å²) in [4.78, 5) is 25.3. The van der Waals surface area contributed by atoms with Crippen molar-refractivity contribution in [2.45, 2.75) is 32.0 Å². The summed E-state index contributed by atoms with van der Waals surface area (Å²) in [5.41, 5.74) is 3.51. The van der Waals surface area contributed by atoms with Crippen molar-refractivity contribution in [1.29, 1.82) is 0 Å². The standard InChI is InChI=1S/C25H25N5O2S2/c1-3-13-30-23(18-7-4-6-17(2)15-18)28-29-25(30)34-16-22(31)26-19-9-11-20(12-10-19)27-24(32)21-8-5-14-33-21/h4-12,14-15H,3,13,16H2,1-2H3,(H,26,31)(H,27,32). The number of nitrogens with one attached hydrogen (secondary N) is 2. The summed E-state index contributed by atoms with van der Waals surface area (Å²) < 4.78 is 2.07. The maximum absolute atomic E-state index is 12.5. The summed E-state index contributed by atoms with van der Waals surface area (Å²) in [6.07, 6.45) is 0.936. The van der Waals surface area contributed by atoms with Gasteiger partial charge in [0.15, 0.2) is 11.0 Å². The average molecular weight is 492 g/mol. The zero-order valence-electron chi connectivity index (χ0n) is 18.9. The van der Waals surface area contributed by atoms with Crippen LogP contribution in [0.5, 0.6) is 0 Å². The Morgan fingerprint density at radius 2 is 1.76 bits per heavy atom. The maximum atomic E-state index is 12.5. The van der Waals surface area contributed by atoms with Gasteiger partial charge in [-0.15, -0.1) is 21.5 Å². The largest absolute Gasteiger partial charge is 0.325 e. The van der Waals surface area contributed by atoms with Crippen molar-refractivity contribution < 1.29 is 9.59 Å². The Labute approximate surface area is 206 Å². The molecule has 7 nitrogen and oxygen atoms in total. The number of aromatic nitrogens is 3. The Hall–Kier alpha value is -3.43. The second-order valence-corrected chi connectivity index (χ2v) is 9.56. The summed E-state index contributed by atoms with van der Waals surface area (Å²) in [6.45, 7) is 4.93. The number of thiophene rings is 1. The van der Waals surface area contributed by atoms with Crippen LogP contribution in [-0.4, -0.2) is 32.3 Å². The molecule has 0 aliphatic heterocycles. The second-order valence-electron chi connectivity index (χ2n) is 7.67. The molecule has 0 atom stereocenters. The van der Waals surface area contributed by atoms with Crippen molar-refractivity contribution in [3.8, 4) is 11.4 Å². The molecule has 0 bridgehead atoms. The van der Waals surface area contributed by atoms with E-state index in [1.807, 2.05) is 36.6 Å². The highest BCUT2D eigenvalue weighted by molar-refractivity contribution is 7.99. The number of carbonyl (C=O) groups excluding carboxylic acids is 2. The van der Waals surface area contributed by atoms with Gasteiger partial charge in [0.25, 0.3) is 5.91 Å². The van der Waals surface area contributed by atoms with Crippen LogP contribution in [0.25, 0.3) is 11.4 Å². The van der Waals surface area contributed by atoms with Crippen LogP contribution in [-0.2, 0) is 11.3 Å². The van der Waals surface area contributed by atoms with Crippen molar-refractivity contribution in [2.24, 2.45) is 0 Å². The highest BCUT2D eigenvalue weighted by Crippen LogP contribution is 2.25. The highest BCUT2D eigenvalue weighted by atomic mass is 32.2. The van der Waals surface area contributed by atoms with Crippen molar-refractivity contribution >= 4 is 46.3 Å². The Balaban J connectivity index is 1.35. The topological polar surface area (TPSA) is 88.9 Å². The van der Waals surface area contributed by atoms with Gasteiger partial charge in [0.05, 0.1) is 10.6 Å². The molecule has 34 heavy (non-hydrogen) atoms. The van der Waals surface area contributed by atoms with Crippen molar-refractivity contribution in [2.75, 3.05) is 16.4 Å². The Morgan fingerprint density at radius 1 is 1.00 bits per heavy atom. The van der Waals surface area contributed by atoms with Gasteiger partial charge in [0.1, 0.15) is 0 Å². The Morgan fingerprint density at radius 3 is 2.44 bits per heavy atom. The highest BCUT2D eigenvalue weighted by Gasteiger charge is 2.15. The summed E-state index contributed by atoms with van der Waals surface area (Å²) in [5.74, 6) is 0.744. The van der Waals surface area contributed by atoms with Gasteiger partial charge < -0.3 is 15.2 Å². The van der Waals surface area contributed by atoms with E-state index in [4.69, 9.17) is 0 Å². The fourth-order valence-electron chi connectivity index (χ4n) is 3.38. The molecule has 9 heteroatoms. The van der Waals surface area contributed by atoms with Crippen molar-refractivity contribution in [1.82, 2.24) is 14.8 Å². The first-order valence-corrected chi connectivity index (χ1v) is 12.8. The van der Waals surface area contributed by atoms with Crippen LogP contribution in [0.15, 0.2) is 71.2 Å². The third-order valence-corrected chi connectivity index (χ3v) is 6.78. The second kappa shape index (κ2) is 11.1. The van der Waals surface area contributed by atoms with Gasteiger partial charge in [-0.25, -0.2) is 0 Å². The third-order valence-electron chi connectivity index (χ3n) is 4.94. The SMILES string of the molecule is CCCn1c(SCC(=O)Nc2ccc(NC(=O)c3cccs3)cc2)nnc1-c1cccc(C)c1. The Bertz CT molecular complexity index is 1270. The lowest BCUT2D eigenvalue weighted by molar-refractivity contribution is -0.113. The molecular formula is C25H25N5O2S2. The lowest BCUT2D eigenvalue weighted by Gasteiger charge is -2.10. The molecule has 0 aliphatic rings. The van der Waals surface area contributed by atoms with Gasteiger partial charge in [-0.2, -0.15) is 0 Å². The molecule has 0 radical (unpaired) electrons. The molecule has 0 fully saturated rings. The van der Waals surface area contributed by atoms with E-state index in [0.29, 0.717) is 16.3 Å². The van der Waals surface area contributed by atoms with E-state index in [1.54, 1.807) is 30.3 Å². The normalized spacial score (nSPS) is 10.8. The van der Waals surface area contributed by atoms with Gasteiger partial charge in [-0.1, -0.05) is 48.5 Å². The molecular weight excluding hydrogens is 466 g/mol. The first-order valence-electron chi connectivity index (χ1n) is 10.9. The van der Waals surface area contributed by atoms with E-state index in [9.17, 15) is 9.59 Å². The first kappa shape index (κ1) is 23.7. The summed E-state index contributed by atoms with van der Waals surface area (Å²) in [7, 11) is 0. The number of amides is 2. The fraction of sp³-hybridized carbons (Fsp3) is 0.200. The minimum atomic E-state index is -0.149. The van der Waals surface area contributed by atoms with Gasteiger partial charge in [0, 0.05) is 23.5 Å². The number of nitrogens with zero attached hydrogens (tertiary/aromatic N) is 3. The molecule has 2 N–H and O–H groups in total. The van der Waals surface area contributed by atoms with E-state index >= 15 is 0 Å². The van der Waals surface area contributed by atoms with Gasteiger partial charge >= 0.3 is 0 Å². The van der Waals surface area contributed by atoms with Crippen molar-refractivity contribution in [3.63, 3.8) is 0 Å². The first-order chi connectivity index (χ1) is 16.5. The average Bonchev–Trinajstić information content (AvgIpc) is 3.50. The zero-order chi connectivity index (χ0) is 23.9. The van der Waals surface area contributed by atoms with Crippen LogP contribution >= 0.6 is 23.1 Å². The smallest absolute Gasteiger partial charge is 0.265 e. The molecule has 0 spiro atoms. The number of hydrogen-bond donors (Lipinski definition) is 2. The van der Waals surface area contributed by atoms with E-state index < -0.39 is 0 Å².